The predicted octanol–water partition coefficient (Wildman–Crippen LogP) is 3.81. The van der Waals surface area contributed by atoms with Gasteiger partial charge in [-0.05, 0) is 37.7 Å². The van der Waals surface area contributed by atoms with Crippen LogP contribution in [0.3, 0.4) is 0 Å². The average Bonchev–Trinajstić information content (AvgIpc) is 2.77. The van der Waals surface area contributed by atoms with Gasteiger partial charge in [0.05, 0.1) is 5.03 Å². The lowest BCUT2D eigenvalue weighted by atomic mass is 10.0. The van der Waals surface area contributed by atoms with Gasteiger partial charge in [-0.1, -0.05) is 28.8 Å². The molecule has 0 saturated heterocycles. The van der Waals surface area contributed by atoms with Crippen molar-refractivity contribution in [3.8, 4) is 0 Å². The Kier molecular flexibility index (Phi) is 1.98. The standard InChI is InChI=1S/C9H10Cl2/c10-8-4-3-7(5-9(8)11)6-1-2-6/h5-6H,1-4H2. The van der Waals surface area contributed by atoms with Crippen molar-refractivity contribution in [2.24, 2.45) is 5.92 Å². The fraction of sp³-hybridized carbons (Fsp3) is 0.556. The molecule has 0 radical (unpaired) electrons. The number of halogens is 2. The van der Waals surface area contributed by atoms with E-state index in [-0.39, 0.29) is 0 Å². The molecule has 0 N–H and O–H groups in total. The van der Waals surface area contributed by atoms with Gasteiger partial charge in [0.25, 0.3) is 0 Å². The zero-order chi connectivity index (χ0) is 7.84. The fourth-order valence-corrected chi connectivity index (χ4v) is 1.85. The molecule has 0 nitrogen and oxygen atoms in total. The molecule has 2 heteroatoms. The smallest absolute Gasteiger partial charge is 0.0550 e. The first-order valence-electron chi connectivity index (χ1n) is 4.02. The summed E-state index contributed by atoms with van der Waals surface area (Å²) in [7, 11) is 0. The second-order valence-corrected chi connectivity index (χ2v) is 4.11. The van der Waals surface area contributed by atoms with Crippen LogP contribution in [0.15, 0.2) is 21.7 Å². The van der Waals surface area contributed by atoms with Gasteiger partial charge in [-0.25, -0.2) is 0 Å². The van der Waals surface area contributed by atoms with E-state index >= 15 is 0 Å². The SMILES string of the molecule is ClC1=C(Cl)CCC(C2CC2)=C1. The summed E-state index contributed by atoms with van der Waals surface area (Å²) < 4.78 is 0. The van der Waals surface area contributed by atoms with Crippen LogP contribution in [0, 0.1) is 5.92 Å². The van der Waals surface area contributed by atoms with Gasteiger partial charge in [0.1, 0.15) is 0 Å². The van der Waals surface area contributed by atoms with Crippen molar-refractivity contribution in [3.05, 3.63) is 21.7 Å². The number of hydrogen-bond donors (Lipinski definition) is 0. The lowest BCUT2D eigenvalue weighted by Gasteiger charge is -2.11. The van der Waals surface area contributed by atoms with Crippen molar-refractivity contribution in [2.75, 3.05) is 0 Å². The van der Waals surface area contributed by atoms with Crippen LogP contribution in [0.1, 0.15) is 25.7 Å². The highest BCUT2D eigenvalue weighted by Crippen LogP contribution is 2.42. The maximum atomic E-state index is 5.90. The highest BCUT2D eigenvalue weighted by molar-refractivity contribution is 6.40. The molecule has 0 amide bonds. The second-order valence-electron chi connectivity index (χ2n) is 3.25. The van der Waals surface area contributed by atoms with Gasteiger partial charge >= 0.3 is 0 Å². The molecule has 0 heterocycles. The minimum Gasteiger partial charge on any atom is -0.0875 e. The Morgan fingerprint density at radius 2 is 1.91 bits per heavy atom. The van der Waals surface area contributed by atoms with Gasteiger partial charge in [-0.15, -0.1) is 0 Å². The maximum Gasteiger partial charge on any atom is 0.0550 e. The second kappa shape index (κ2) is 2.84. The number of rotatable bonds is 1. The van der Waals surface area contributed by atoms with Crippen LogP contribution in [0.2, 0.25) is 0 Å². The van der Waals surface area contributed by atoms with Crippen molar-refractivity contribution in [2.45, 2.75) is 25.7 Å². The molecule has 0 bridgehead atoms. The predicted molar refractivity (Wildman–Crippen MR) is 48.8 cm³/mol. The average molecular weight is 189 g/mol. The Morgan fingerprint density at radius 1 is 1.18 bits per heavy atom. The van der Waals surface area contributed by atoms with Crippen molar-refractivity contribution in [1.82, 2.24) is 0 Å². The van der Waals surface area contributed by atoms with E-state index in [2.05, 4.69) is 6.08 Å². The molecule has 0 spiro atoms. The first-order valence-corrected chi connectivity index (χ1v) is 4.77. The molecule has 2 aliphatic rings. The highest BCUT2D eigenvalue weighted by atomic mass is 35.5. The van der Waals surface area contributed by atoms with Crippen LogP contribution in [-0.4, -0.2) is 0 Å². The van der Waals surface area contributed by atoms with Gasteiger partial charge < -0.3 is 0 Å². The molecule has 0 atom stereocenters. The molecular formula is C9H10Cl2. The summed E-state index contributed by atoms with van der Waals surface area (Å²) in [4.78, 5) is 0. The normalized spacial score (nSPS) is 25.5. The third-order valence-electron chi connectivity index (χ3n) is 2.31. The summed E-state index contributed by atoms with van der Waals surface area (Å²) in [6.07, 6.45) is 6.84. The zero-order valence-electron chi connectivity index (χ0n) is 6.24. The van der Waals surface area contributed by atoms with Gasteiger partial charge in [-0.2, -0.15) is 0 Å². The quantitative estimate of drug-likeness (QED) is 0.588. The molecule has 0 aromatic rings. The van der Waals surface area contributed by atoms with Crippen LogP contribution < -0.4 is 0 Å². The van der Waals surface area contributed by atoms with E-state index in [0.29, 0.717) is 0 Å². The minimum absolute atomic E-state index is 0.764. The molecule has 2 aliphatic carbocycles. The van der Waals surface area contributed by atoms with E-state index in [9.17, 15) is 0 Å². The van der Waals surface area contributed by atoms with Gasteiger partial charge in [-0.3, -0.25) is 0 Å². The molecule has 1 saturated carbocycles. The lowest BCUT2D eigenvalue weighted by Crippen LogP contribution is -1.94. The molecule has 0 unspecified atom stereocenters. The van der Waals surface area contributed by atoms with Crippen LogP contribution in [-0.2, 0) is 0 Å². The van der Waals surface area contributed by atoms with E-state index in [1.807, 2.05) is 0 Å². The van der Waals surface area contributed by atoms with Crippen molar-refractivity contribution in [3.63, 3.8) is 0 Å². The summed E-state index contributed by atoms with van der Waals surface area (Å²) in [5.41, 5.74) is 1.51. The number of hydrogen-bond acceptors (Lipinski definition) is 0. The molecule has 60 valence electrons. The monoisotopic (exact) mass is 188 g/mol. The Hall–Kier alpha value is 0.0600. The number of allylic oxidation sites excluding steroid dienone is 4. The molecule has 0 aromatic carbocycles. The van der Waals surface area contributed by atoms with Crippen LogP contribution >= 0.6 is 23.2 Å². The lowest BCUT2D eigenvalue weighted by molar-refractivity contribution is 0.839. The summed E-state index contributed by atoms with van der Waals surface area (Å²) in [6, 6.07) is 0. The van der Waals surface area contributed by atoms with E-state index in [4.69, 9.17) is 23.2 Å². The molecule has 2 rings (SSSR count). The molecule has 0 aliphatic heterocycles. The third kappa shape index (κ3) is 1.62. The Morgan fingerprint density at radius 3 is 2.45 bits per heavy atom. The van der Waals surface area contributed by atoms with Crippen molar-refractivity contribution >= 4 is 23.2 Å². The van der Waals surface area contributed by atoms with E-state index < -0.39 is 0 Å². The van der Waals surface area contributed by atoms with Gasteiger partial charge in [0.15, 0.2) is 0 Å². The summed E-state index contributed by atoms with van der Waals surface area (Å²) in [5, 5.41) is 1.59. The Labute approximate surface area is 76.9 Å². The fourth-order valence-electron chi connectivity index (χ4n) is 1.46. The first kappa shape index (κ1) is 7.70. The van der Waals surface area contributed by atoms with E-state index in [0.717, 1.165) is 28.8 Å². The topological polar surface area (TPSA) is 0 Å². The van der Waals surface area contributed by atoms with Crippen molar-refractivity contribution < 1.29 is 0 Å². The Bertz CT molecular complexity index is 234. The third-order valence-corrected chi connectivity index (χ3v) is 3.13. The Balaban J connectivity index is 2.18. The molecule has 0 aromatic heterocycles. The van der Waals surface area contributed by atoms with Crippen LogP contribution in [0.4, 0.5) is 0 Å². The van der Waals surface area contributed by atoms with Crippen LogP contribution in [0.25, 0.3) is 0 Å². The van der Waals surface area contributed by atoms with Crippen LogP contribution in [0.5, 0.6) is 0 Å². The molecule has 1 fully saturated rings. The molecular weight excluding hydrogens is 179 g/mol. The van der Waals surface area contributed by atoms with Gasteiger partial charge in [0.2, 0.25) is 0 Å². The zero-order valence-corrected chi connectivity index (χ0v) is 7.75. The largest absolute Gasteiger partial charge is 0.0875 e. The maximum absolute atomic E-state index is 5.90. The van der Waals surface area contributed by atoms with E-state index in [1.165, 1.54) is 18.4 Å². The minimum atomic E-state index is 0.764. The summed E-state index contributed by atoms with van der Waals surface area (Å²) in [5.74, 6) is 0.841. The van der Waals surface area contributed by atoms with E-state index in [1.54, 1.807) is 0 Å². The highest BCUT2D eigenvalue weighted by Gasteiger charge is 2.27. The first-order chi connectivity index (χ1) is 5.27. The summed E-state index contributed by atoms with van der Waals surface area (Å²) >= 11 is 11.8. The van der Waals surface area contributed by atoms with Gasteiger partial charge in [0, 0.05) is 5.03 Å². The molecule has 11 heavy (non-hydrogen) atoms. The van der Waals surface area contributed by atoms with Crippen molar-refractivity contribution in [1.29, 1.82) is 0 Å². The summed E-state index contributed by atoms with van der Waals surface area (Å²) in [6.45, 7) is 0.